The maximum atomic E-state index is 9.18. The number of fused-ring (bicyclic) bond motifs is 6. The van der Waals surface area contributed by atoms with Gasteiger partial charge in [0, 0.05) is 17.1 Å². The Balaban J connectivity index is 0.000000154. The number of phenols is 1. The second kappa shape index (κ2) is 8.63. The minimum absolute atomic E-state index is 0.264. The lowest BCUT2D eigenvalue weighted by atomic mass is 9.78. The zero-order valence-electron chi connectivity index (χ0n) is 18.8. The highest BCUT2D eigenvalue weighted by atomic mass is 16.3. The molecule has 160 valence electrons. The van der Waals surface area contributed by atoms with Gasteiger partial charge >= 0.3 is 0 Å². The van der Waals surface area contributed by atoms with Gasteiger partial charge in [-0.1, -0.05) is 61.5 Å². The Bertz CT molecular complexity index is 1380. The molecule has 4 aromatic carbocycles. The van der Waals surface area contributed by atoms with E-state index in [0.29, 0.717) is 0 Å². The molecule has 0 spiro atoms. The molecule has 32 heavy (non-hydrogen) atoms. The van der Waals surface area contributed by atoms with Crippen LogP contribution in [0.25, 0.3) is 32.4 Å². The number of hydrogen-bond donors (Lipinski definition) is 1. The lowest BCUT2D eigenvalue weighted by molar-refractivity contribution is 0.476. The Hall–Kier alpha value is -3.39. The van der Waals surface area contributed by atoms with E-state index in [0.717, 1.165) is 22.5 Å². The van der Waals surface area contributed by atoms with Gasteiger partial charge in [0.1, 0.15) is 5.75 Å². The minimum Gasteiger partial charge on any atom is -0.508 e. The number of aryl methyl sites for hydroxylation is 2. The minimum atomic E-state index is 0.264. The molecule has 2 nitrogen and oxygen atoms in total. The van der Waals surface area contributed by atoms with Crippen LogP contribution >= 0.6 is 0 Å². The summed E-state index contributed by atoms with van der Waals surface area (Å²) < 4.78 is 0. The van der Waals surface area contributed by atoms with Gasteiger partial charge < -0.3 is 5.11 Å². The fourth-order valence-electron chi connectivity index (χ4n) is 5.16. The molecule has 1 aromatic heterocycles. The van der Waals surface area contributed by atoms with E-state index in [1.54, 1.807) is 23.3 Å². The fourth-order valence-corrected chi connectivity index (χ4v) is 5.16. The zero-order valence-corrected chi connectivity index (χ0v) is 18.8. The van der Waals surface area contributed by atoms with Crippen LogP contribution in [-0.4, -0.2) is 10.1 Å². The number of hydrogen-bond acceptors (Lipinski definition) is 2. The summed E-state index contributed by atoms with van der Waals surface area (Å²) in [4.78, 5) is 4.28. The maximum absolute atomic E-state index is 9.18. The number of aromatic hydroxyl groups is 1. The van der Waals surface area contributed by atoms with Crippen LogP contribution in [0, 0.1) is 6.92 Å². The molecule has 0 bridgehead atoms. The van der Waals surface area contributed by atoms with Crippen molar-refractivity contribution in [1.82, 2.24) is 4.98 Å². The molecule has 1 aliphatic carbocycles. The predicted molar refractivity (Wildman–Crippen MR) is 136 cm³/mol. The average molecular weight is 420 g/mol. The number of phenolic OH excluding ortho intramolecular Hbond substituents is 1. The van der Waals surface area contributed by atoms with Crippen molar-refractivity contribution in [2.24, 2.45) is 0 Å². The standard InChI is InChI=1S/C20H20.C10H9NO/c1-2-14-7-5-8-16-11-12-18-17-9-4-3-6-15(17)10-13-19(18)20(14)16;1-7-2-3-8-4-5-9(12)6-10(8)11-7/h3-4,6,9-14H,2,5,7-8H2,1H3;2-6,12H,1H3. The van der Waals surface area contributed by atoms with E-state index in [1.165, 1.54) is 47.2 Å². The van der Waals surface area contributed by atoms with Crippen molar-refractivity contribution in [1.29, 1.82) is 0 Å². The molecule has 5 aromatic rings. The average Bonchev–Trinajstić information content (AvgIpc) is 2.83. The van der Waals surface area contributed by atoms with Crippen molar-refractivity contribution in [2.75, 3.05) is 0 Å². The number of pyridine rings is 1. The van der Waals surface area contributed by atoms with Crippen LogP contribution in [0.4, 0.5) is 0 Å². The molecule has 0 fully saturated rings. The smallest absolute Gasteiger partial charge is 0.117 e. The summed E-state index contributed by atoms with van der Waals surface area (Å²) in [5, 5.41) is 15.9. The van der Waals surface area contributed by atoms with E-state index in [9.17, 15) is 5.11 Å². The number of benzene rings is 4. The first-order valence-corrected chi connectivity index (χ1v) is 11.6. The quantitative estimate of drug-likeness (QED) is 0.279. The summed E-state index contributed by atoms with van der Waals surface area (Å²) in [7, 11) is 0. The van der Waals surface area contributed by atoms with Crippen molar-refractivity contribution < 1.29 is 5.11 Å². The van der Waals surface area contributed by atoms with Crippen molar-refractivity contribution in [2.45, 2.75) is 45.4 Å². The summed E-state index contributed by atoms with van der Waals surface area (Å²) in [6, 6.07) is 27.3. The summed E-state index contributed by atoms with van der Waals surface area (Å²) in [6.45, 7) is 4.27. The van der Waals surface area contributed by atoms with Crippen LogP contribution in [-0.2, 0) is 6.42 Å². The van der Waals surface area contributed by atoms with E-state index in [4.69, 9.17) is 0 Å². The van der Waals surface area contributed by atoms with Crippen LogP contribution in [0.15, 0.2) is 78.9 Å². The molecule has 1 N–H and O–H groups in total. The van der Waals surface area contributed by atoms with Crippen LogP contribution in [0.5, 0.6) is 5.75 Å². The first-order valence-electron chi connectivity index (χ1n) is 11.6. The van der Waals surface area contributed by atoms with E-state index < -0.39 is 0 Å². The SMILES string of the molecule is CCC1CCCc2ccc3c(ccc4ccccc43)c21.Cc1ccc2ccc(O)cc2n1. The van der Waals surface area contributed by atoms with Gasteiger partial charge in [-0.3, -0.25) is 4.98 Å². The lowest BCUT2D eigenvalue weighted by Crippen LogP contribution is -2.09. The summed E-state index contributed by atoms with van der Waals surface area (Å²) in [5.74, 6) is 1.02. The molecule has 0 saturated carbocycles. The van der Waals surface area contributed by atoms with Gasteiger partial charge in [-0.15, -0.1) is 0 Å². The Kier molecular flexibility index (Phi) is 5.53. The highest BCUT2D eigenvalue weighted by molar-refractivity contribution is 6.08. The highest BCUT2D eigenvalue weighted by Gasteiger charge is 2.21. The molecule has 0 aliphatic heterocycles. The second-order valence-electron chi connectivity index (χ2n) is 8.85. The Morgan fingerprint density at radius 3 is 2.50 bits per heavy atom. The van der Waals surface area contributed by atoms with Crippen molar-refractivity contribution in [3.8, 4) is 5.75 Å². The first-order chi connectivity index (χ1) is 15.6. The van der Waals surface area contributed by atoms with Gasteiger partial charge in [0.25, 0.3) is 0 Å². The molecular weight excluding hydrogens is 390 g/mol. The van der Waals surface area contributed by atoms with Gasteiger partial charge in [0.15, 0.2) is 0 Å². The van der Waals surface area contributed by atoms with E-state index in [1.807, 2.05) is 25.1 Å². The van der Waals surface area contributed by atoms with E-state index in [2.05, 4.69) is 60.4 Å². The molecule has 6 rings (SSSR count). The monoisotopic (exact) mass is 419 g/mol. The third kappa shape index (κ3) is 3.82. The summed E-state index contributed by atoms with van der Waals surface area (Å²) >= 11 is 0. The van der Waals surface area contributed by atoms with Crippen molar-refractivity contribution in [3.05, 3.63) is 95.7 Å². The van der Waals surface area contributed by atoms with Gasteiger partial charge in [0.2, 0.25) is 0 Å². The van der Waals surface area contributed by atoms with Crippen LogP contribution in [0.3, 0.4) is 0 Å². The second-order valence-corrected chi connectivity index (χ2v) is 8.85. The Morgan fingerprint density at radius 2 is 1.62 bits per heavy atom. The van der Waals surface area contributed by atoms with Crippen molar-refractivity contribution in [3.63, 3.8) is 0 Å². The molecule has 0 saturated heterocycles. The summed E-state index contributed by atoms with van der Waals surface area (Å²) in [6.07, 6.45) is 5.23. The molecule has 1 heterocycles. The highest BCUT2D eigenvalue weighted by Crippen LogP contribution is 2.40. The van der Waals surface area contributed by atoms with Gasteiger partial charge in [-0.25, -0.2) is 0 Å². The van der Waals surface area contributed by atoms with Crippen LogP contribution < -0.4 is 0 Å². The number of rotatable bonds is 1. The number of nitrogens with zero attached hydrogens (tertiary/aromatic N) is 1. The molecule has 2 heteroatoms. The van der Waals surface area contributed by atoms with Gasteiger partial charge in [-0.05, 0) is 89.4 Å². The molecule has 1 unspecified atom stereocenters. The maximum Gasteiger partial charge on any atom is 0.117 e. The van der Waals surface area contributed by atoms with Crippen LogP contribution in [0.2, 0.25) is 0 Å². The molecular formula is C30H29NO. The normalized spacial score (nSPS) is 15.4. The molecule has 1 aliphatic rings. The molecule has 0 amide bonds. The Morgan fingerprint density at radius 1 is 0.844 bits per heavy atom. The Labute approximate surface area is 189 Å². The third-order valence-corrected chi connectivity index (χ3v) is 6.77. The fraction of sp³-hybridized carbons (Fsp3) is 0.233. The largest absolute Gasteiger partial charge is 0.508 e. The molecule has 1 atom stereocenters. The van der Waals surface area contributed by atoms with E-state index >= 15 is 0 Å². The lowest BCUT2D eigenvalue weighted by Gasteiger charge is -2.26. The van der Waals surface area contributed by atoms with Crippen molar-refractivity contribution >= 4 is 32.4 Å². The summed E-state index contributed by atoms with van der Waals surface area (Å²) in [5.41, 5.74) is 5.04. The number of aromatic nitrogens is 1. The topological polar surface area (TPSA) is 33.1 Å². The predicted octanol–water partition coefficient (Wildman–Crippen LogP) is 8.07. The van der Waals surface area contributed by atoms with Crippen LogP contribution in [0.1, 0.15) is 48.9 Å². The van der Waals surface area contributed by atoms with E-state index in [-0.39, 0.29) is 5.75 Å². The molecule has 0 radical (unpaired) electrons. The third-order valence-electron chi connectivity index (χ3n) is 6.77. The van der Waals surface area contributed by atoms with Gasteiger partial charge in [-0.2, -0.15) is 0 Å². The zero-order chi connectivity index (χ0) is 22.1. The van der Waals surface area contributed by atoms with Gasteiger partial charge in [0.05, 0.1) is 5.52 Å². The first kappa shape index (κ1) is 20.5.